The molecular formula is C43H45N3O7. The second-order valence-corrected chi connectivity index (χ2v) is 14.8. The fourth-order valence-corrected chi connectivity index (χ4v) is 9.47. The van der Waals surface area contributed by atoms with Crippen molar-refractivity contribution >= 4 is 12.2 Å². The van der Waals surface area contributed by atoms with Gasteiger partial charge in [0.15, 0.2) is 17.6 Å². The molecule has 10 nitrogen and oxygen atoms in total. The van der Waals surface area contributed by atoms with Crippen LogP contribution in [0.5, 0.6) is 28.7 Å². The van der Waals surface area contributed by atoms with Gasteiger partial charge in [0.25, 0.3) is 0 Å². The molecule has 0 amide bonds. The summed E-state index contributed by atoms with van der Waals surface area (Å²) in [6.45, 7) is 1.39. The number of nitrogens with one attached hydrogen (secondary N) is 2. The SMILES string of the molecule is CNCO[C@]1(CNC)Cc2c3c(c4c(c2O[C@@H]1c1ccc(O)c(OC)c1)CC[C@@H](CO)O4)-c1ccc(O)c2c1[C@@H](C3)[C@@H](c1ccc3c(c1)=CCN=3)C=C2. The van der Waals surface area contributed by atoms with Crippen molar-refractivity contribution in [1.29, 1.82) is 0 Å². The average Bonchev–Trinajstić information content (AvgIpc) is 3.66. The van der Waals surface area contributed by atoms with Gasteiger partial charge in [0.2, 0.25) is 0 Å². The van der Waals surface area contributed by atoms with Crippen LogP contribution < -0.4 is 35.4 Å². The Morgan fingerprint density at radius 1 is 0.943 bits per heavy atom. The highest BCUT2D eigenvalue weighted by molar-refractivity contribution is 5.89. The Morgan fingerprint density at radius 3 is 2.60 bits per heavy atom. The van der Waals surface area contributed by atoms with E-state index in [0.29, 0.717) is 51.3 Å². The zero-order valence-corrected chi connectivity index (χ0v) is 30.2. The van der Waals surface area contributed by atoms with Crippen LogP contribution in [0.4, 0.5) is 0 Å². The largest absolute Gasteiger partial charge is 0.507 e. The highest BCUT2D eigenvalue weighted by atomic mass is 16.6. The summed E-state index contributed by atoms with van der Waals surface area (Å²) < 4.78 is 26.4. The van der Waals surface area contributed by atoms with Gasteiger partial charge >= 0.3 is 0 Å². The molecule has 3 heterocycles. The van der Waals surface area contributed by atoms with Crippen molar-refractivity contribution in [3.05, 3.63) is 104 Å². The lowest BCUT2D eigenvalue weighted by atomic mass is 9.64. The minimum atomic E-state index is -0.858. The summed E-state index contributed by atoms with van der Waals surface area (Å²) in [4.78, 5) is 4.63. The zero-order valence-electron chi connectivity index (χ0n) is 30.2. The van der Waals surface area contributed by atoms with E-state index in [0.717, 1.165) is 66.6 Å². The maximum absolute atomic E-state index is 11.3. The number of hydrogen-bond donors (Lipinski definition) is 5. The summed E-state index contributed by atoms with van der Waals surface area (Å²) in [7, 11) is 5.32. The van der Waals surface area contributed by atoms with E-state index in [-0.39, 0.29) is 36.0 Å². The number of aromatic hydroxyl groups is 2. The van der Waals surface area contributed by atoms with E-state index in [4.69, 9.17) is 18.9 Å². The molecular weight excluding hydrogens is 670 g/mol. The first kappa shape index (κ1) is 33.9. The normalized spacial score (nSPS) is 24.3. The first-order valence-corrected chi connectivity index (χ1v) is 18.5. The van der Waals surface area contributed by atoms with Gasteiger partial charge in [-0.2, -0.15) is 0 Å². The molecule has 53 heavy (non-hydrogen) atoms. The molecule has 9 rings (SSSR count). The van der Waals surface area contributed by atoms with E-state index in [1.165, 1.54) is 5.56 Å². The molecule has 3 aliphatic heterocycles. The molecule has 0 unspecified atom stereocenters. The van der Waals surface area contributed by atoms with Crippen molar-refractivity contribution in [1.82, 2.24) is 10.6 Å². The number of aliphatic hydroxyl groups excluding tert-OH is 1. The van der Waals surface area contributed by atoms with Gasteiger partial charge in [0.1, 0.15) is 29.0 Å². The number of hydrogen-bond acceptors (Lipinski definition) is 10. The van der Waals surface area contributed by atoms with Gasteiger partial charge in [-0.15, -0.1) is 0 Å². The predicted octanol–water partition coefficient (Wildman–Crippen LogP) is 4.15. The molecule has 10 heteroatoms. The lowest BCUT2D eigenvalue weighted by Crippen LogP contribution is -2.54. The summed E-state index contributed by atoms with van der Waals surface area (Å²) in [5.41, 5.74) is 8.40. The van der Waals surface area contributed by atoms with E-state index in [1.54, 1.807) is 19.2 Å². The Bertz CT molecular complexity index is 2290. The number of allylic oxidation sites excluding steroid dienone is 1. The molecule has 4 aromatic carbocycles. The average molecular weight is 716 g/mol. The maximum atomic E-state index is 11.3. The zero-order chi connectivity index (χ0) is 36.4. The fraction of sp³-hybridized carbons (Fsp3) is 0.372. The van der Waals surface area contributed by atoms with Gasteiger partial charge in [-0.25, -0.2) is 0 Å². The predicted molar refractivity (Wildman–Crippen MR) is 202 cm³/mol. The van der Waals surface area contributed by atoms with Crippen LogP contribution in [-0.2, 0) is 24.0 Å². The van der Waals surface area contributed by atoms with Crippen molar-refractivity contribution in [3.63, 3.8) is 0 Å². The summed E-state index contributed by atoms with van der Waals surface area (Å²) in [6.07, 6.45) is 8.12. The van der Waals surface area contributed by atoms with Crippen LogP contribution in [0.2, 0.25) is 0 Å². The molecule has 5 N–H and O–H groups in total. The van der Waals surface area contributed by atoms with Crippen LogP contribution in [-0.4, -0.2) is 74.7 Å². The first-order chi connectivity index (χ1) is 25.9. The Labute approximate surface area is 308 Å². The van der Waals surface area contributed by atoms with Gasteiger partial charge < -0.3 is 39.6 Å². The van der Waals surface area contributed by atoms with Gasteiger partial charge in [-0.3, -0.25) is 10.3 Å². The van der Waals surface area contributed by atoms with Crippen LogP contribution in [0.15, 0.2) is 59.6 Å². The van der Waals surface area contributed by atoms with E-state index in [2.05, 4.69) is 52.1 Å². The molecule has 5 aliphatic rings. The van der Waals surface area contributed by atoms with E-state index in [1.807, 2.05) is 32.3 Å². The van der Waals surface area contributed by atoms with Crippen LogP contribution in [0, 0.1) is 0 Å². The molecule has 0 bridgehead atoms. The molecule has 0 spiro atoms. The third kappa shape index (κ3) is 5.34. The van der Waals surface area contributed by atoms with E-state index >= 15 is 0 Å². The molecule has 0 saturated heterocycles. The summed E-state index contributed by atoms with van der Waals surface area (Å²) in [5.74, 6) is 2.29. The lowest BCUT2D eigenvalue weighted by molar-refractivity contribution is -0.128. The molecule has 5 atom stereocenters. The second-order valence-electron chi connectivity index (χ2n) is 14.8. The number of nitrogens with zero attached hydrogens (tertiary/aromatic N) is 1. The number of likely N-dealkylation sites (N-methyl/N-ethyl adjacent to an activating group) is 1. The van der Waals surface area contributed by atoms with Crippen LogP contribution in [0.3, 0.4) is 0 Å². The monoisotopic (exact) mass is 715 g/mol. The van der Waals surface area contributed by atoms with Crippen LogP contribution in [0.1, 0.15) is 63.3 Å². The molecule has 2 aliphatic carbocycles. The number of benzene rings is 4. The Hall–Kier alpha value is -4.87. The standard InChI is InChI=1S/C43H45N3O7/c1-44-21-43(51-22-45-2)19-33-32-18-31-27(23-4-11-34-24(16-23)14-15-46-34)8-9-28-35(48)13-10-29(38(28)31)39(32)41-30(7-6-26(20-47)52-41)40(33)53-42(43)25-5-12-36(49)37(17-25)50-3/h4-5,8-14,16-17,26-27,31,42,44-45,47-49H,6-7,15,18-22H2,1-3H3/t26-,27+,31-,42+,43-/m0/s1. The number of phenols is 2. The van der Waals surface area contributed by atoms with Crippen molar-refractivity contribution in [2.75, 3.05) is 47.6 Å². The maximum Gasteiger partial charge on any atom is 0.160 e. The van der Waals surface area contributed by atoms with Gasteiger partial charge in [0.05, 0.1) is 32.3 Å². The minimum absolute atomic E-state index is 0.0244. The number of ether oxygens (including phenoxy) is 4. The third-order valence-electron chi connectivity index (χ3n) is 11.8. The molecule has 0 aromatic heterocycles. The lowest BCUT2D eigenvalue weighted by Gasteiger charge is -2.48. The van der Waals surface area contributed by atoms with Gasteiger partial charge in [-0.05, 0) is 103 Å². The Kier molecular flexibility index (Phi) is 8.46. The summed E-state index contributed by atoms with van der Waals surface area (Å²) in [6, 6.07) is 15.7. The smallest absolute Gasteiger partial charge is 0.160 e. The third-order valence-corrected chi connectivity index (χ3v) is 11.8. The first-order valence-electron chi connectivity index (χ1n) is 18.5. The molecule has 4 aromatic rings. The Balaban J connectivity index is 1.28. The minimum Gasteiger partial charge on any atom is -0.507 e. The van der Waals surface area contributed by atoms with Gasteiger partial charge in [-0.1, -0.05) is 36.4 Å². The number of methoxy groups -OCH3 is 1. The molecule has 0 radical (unpaired) electrons. The van der Waals surface area contributed by atoms with Gasteiger partial charge in [0, 0.05) is 41.1 Å². The molecule has 0 fully saturated rings. The molecule has 274 valence electrons. The fourth-order valence-electron chi connectivity index (χ4n) is 9.47. The highest BCUT2D eigenvalue weighted by Gasteiger charge is 2.51. The number of aliphatic hydroxyl groups is 1. The topological polar surface area (TPSA) is 134 Å². The van der Waals surface area contributed by atoms with Crippen molar-refractivity contribution in [3.8, 4) is 39.9 Å². The highest BCUT2D eigenvalue weighted by Crippen LogP contribution is 2.60. The quantitative estimate of drug-likeness (QED) is 0.162. The van der Waals surface area contributed by atoms with Crippen molar-refractivity contribution < 1.29 is 34.3 Å². The number of phenolic OH excluding ortho intramolecular Hbond substituents is 2. The Morgan fingerprint density at radius 2 is 1.79 bits per heavy atom. The van der Waals surface area contributed by atoms with Crippen LogP contribution in [0.25, 0.3) is 23.3 Å². The van der Waals surface area contributed by atoms with Crippen molar-refractivity contribution in [2.24, 2.45) is 4.99 Å². The van der Waals surface area contributed by atoms with E-state index < -0.39 is 11.7 Å². The number of fused-ring (bicyclic) bond motifs is 8. The number of rotatable bonds is 9. The second kappa shape index (κ2) is 13.2. The summed E-state index contributed by atoms with van der Waals surface area (Å²) >= 11 is 0. The summed E-state index contributed by atoms with van der Waals surface area (Å²) in [5, 5.41) is 40.9. The van der Waals surface area contributed by atoms with E-state index in [9.17, 15) is 15.3 Å². The van der Waals surface area contributed by atoms with Crippen molar-refractivity contribution in [2.45, 2.75) is 55.3 Å². The van der Waals surface area contributed by atoms with Crippen LogP contribution >= 0.6 is 0 Å². The molecule has 0 saturated carbocycles.